The summed E-state index contributed by atoms with van der Waals surface area (Å²) in [6, 6.07) is 20.7. The van der Waals surface area contributed by atoms with Crippen LogP contribution in [0.2, 0.25) is 5.02 Å². The van der Waals surface area contributed by atoms with Gasteiger partial charge in [0.2, 0.25) is 0 Å². The number of carbonyl (C=O) groups is 1. The number of ketones is 1. The van der Waals surface area contributed by atoms with Crippen LogP contribution in [-0.4, -0.2) is 28.7 Å². The van der Waals surface area contributed by atoms with Crippen molar-refractivity contribution in [1.29, 1.82) is 0 Å². The molecule has 1 heterocycles. The lowest BCUT2D eigenvalue weighted by Gasteiger charge is -2.25. The van der Waals surface area contributed by atoms with E-state index in [2.05, 4.69) is 0 Å². The topological polar surface area (TPSA) is 104 Å². The van der Waals surface area contributed by atoms with Gasteiger partial charge in [-0.2, -0.15) is 16.8 Å². The minimum Gasteiger partial charge on any atom is -0.291 e. The summed E-state index contributed by atoms with van der Waals surface area (Å²) in [5.74, 6) is -0.796. The molecule has 0 N–H and O–H groups in total. The van der Waals surface area contributed by atoms with Gasteiger partial charge in [0, 0.05) is 15.5 Å². The van der Waals surface area contributed by atoms with Crippen LogP contribution in [0.1, 0.15) is 32.5 Å². The third-order valence-corrected chi connectivity index (χ3v) is 9.37. The fraction of sp³-hybridized carbons (Fsp3) is 0.148. The molecule has 198 valence electrons. The maximum Gasteiger partial charge on any atom is 0.297 e. The predicted molar refractivity (Wildman–Crippen MR) is 146 cm³/mol. The summed E-state index contributed by atoms with van der Waals surface area (Å²) in [6.45, 7) is 3.59. The fourth-order valence-corrected chi connectivity index (χ4v) is 6.57. The number of Topliss-reactive ketones (excluding diaryl/α,β-unsaturated/α-hetero) is 1. The minimum absolute atomic E-state index is 0.0661. The van der Waals surface area contributed by atoms with Crippen LogP contribution in [0.3, 0.4) is 0 Å². The summed E-state index contributed by atoms with van der Waals surface area (Å²) in [4.78, 5) is 13.7. The van der Waals surface area contributed by atoms with E-state index < -0.39 is 38.2 Å². The Labute approximate surface area is 230 Å². The van der Waals surface area contributed by atoms with Gasteiger partial charge in [0.15, 0.2) is 11.9 Å². The second-order valence-electron chi connectivity index (χ2n) is 8.45. The lowest BCUT2D eigenvalue weighted by Crippen LogP contribution is -2.36. The number of carbonyl (C=O) groups excluding carboxylic acids is 1. The number of aryl methyl sites for hydroxylation is 2. The van der Waals surface area contributed by atoms with Crippen LogP contribution in [0.4, 0.5) is 0 Å². The van der Waals surface area contributed by atoms with Crippen molar-refractivity contribution in [2.45, 2.75) is 35.8 Å². The molecule has 0 aliphatic carbocycles. The van der Waals surface area contributed by atoms with Crippen molar-refractivity contribution in [3.63, 3.8) is 0 Å². The molecule has 4 rings (SSSR count). The van der Waals surface area contributed by atoms with Crippen LogP contribution in [-0.2, 0) is 28.6 Å². The van der Waals surface area contributed by atoms with Gasteiger partial charge in [-0.25, -0.2) is 0 Å². The van der Waals surface area contributed by atoms with Crippen LogP contribution in [0.5, 0.6) is 0 Å². The Balaban J connectivity index is 1.81. The van der Waals surface area contributed by atoms with Gasteiger partial charge in [0.05, 0.1) is 9.79 Å². The van der Waals surface area contributed by atoms with Gasteiger partial charge >= 0.3 is 0 Å². The molecule has 0 aliphatic rings. The smallest absolute Gasteiger partial charge is 0.291 e. The van der Waals surface area contributed by atoms with E-state index in [9.17, 15) is 21.6 Å². The normalized spacial score (nSPS) is 13.7. The van der Waals surface area contributed by atoms with E-state index in [1.165, 1.54) is 48.5 Å². The van der Waals surface area contributed by atoms with Crippen molar-refractivity contribution < 1.29 is 30.0 Å². The van der Waals surface area contributed by atoms with Gasteiger partial charge in [-0.1, -0.05) is 53.1 Å². The second-order valence-corrected chi connectivity index (χ2v) is 13.0. The molecular formula is C27H23ClO7S3. The summed E-state index contributed by atoms with van der Waals surface area (Å²) >= 11 is 7.06. The van der Waals surface area contributed by atoms with Crippen molar-refractivity contribution in [3.05, 3.63) is 117 Å². The molecule has 2 atom stereocenters. The number of halogens is 1. The molecule has 0 saturated heterocycles. The Morgan fingerprint density at radius 3 is 1.71 bits per heavy atom. The monoisotopic (exact) mass is 590 g/mol. The number of rotatable bonds is 10. The highest BCUT2D eigenvalue weighted by Crippen LogP contribution is 2.35. The molecule has 7 nitrogen and oxygen atoms in total. The Morgan fingerprint density at radius 2 is 1.24 bits per heavy atom. The van der Waals surface area contributed by atoms with E-state index in [1.54, 1.807) is 55.6 Å². The first-order valence-electron chi connectivity index (χ1n) is 11.3. The Bertz CT molecular complexity index is 1610. The molecule has 3 aromatic carbocycles. The molecule has 0 amide bonds. The lowest BCUT2D eigenvalue weighted by atomic mass is 10.0. The predicted octanol–water partition coefficient (Wildman–Crippen LogP) is 6.12. The van der Waals surface area contributed by atoms with Crippen molar-refractivity contribution in [1.82, 2.24) is 0 Å². The quantitative estimate of drug-likeness (QED) is 0.162. The van der Waals surface area contributed by atoms with Crippen LogP contribution in [0.25, 0.3) is 0 Å². The molecule has 4 aromatic rings. The van der Waals surface area contributed by atoms with Gasteiger partial charge in [-0.15, -0.1) is 11.3 Å². The first-order chi connectivity index (χ1) is 18.0. The van der Waals surface area contributed by atoms with Crippen LogP contribution >= 0.6 is 22.9 Å². The first-order valence-corrected chi connectivity index (χ1v) is 15.4. The van der Waals surface area contributed by atoms with Gasteiger partial charge in [-0.3, -0.25) is 13.2 Å². The zero-order valence-electron chi connectivity index (χ0n) is 20.3. The van der Waals surface area contributed by atoms with E-state index in [0.717, 1.165) is 22.5 Å². The largest absolute Gasteiger partial charge is 0.297 e. The minimum atomic E-state index is -4.52. The summed E-state index contributed by atoms with van der Waals surface area (Å²) in [6.07, 6.45) is -3.48. The van der Waals surface area contributed by atoms with E-state index in [-0.39, 0.29) is 20.2 Å². The highest BCUT2D eigenvalue weighted by Gasteiger charge is 2.40. The van der Waals surface area contributed by atoms with Crippen LogP contribution in [0.15, 0.2) is 100 Å². The number of thiophene rings is 1. The molecule has 38 heavy (non-hydrogen) atoms. The SMILES string of the molecule is Cc1ccc(S(=O)(=O)OC(C(=O)c2ccc(Cl)cc2)C(OS(=O)(=O)c2ccc(C)cc2)c2cccs2)cc1. The number of benzene rings is 3. The van der Waals surface area contributed by atoms with Gasteiger partial charge in [-0.05, 0) is 73.8 Å². The van der Waals surface area contributed by atoms with Crippen molar-refractivity contribution in [2.75, 3.05) is 0 Å². The molecule has 1 aromatic heterocycles. The Hall–Kier alpha value is -2.86. The number of hydrogen-bond acceptors (Lipinski definition) is 8. The van der Waals surface area contributed by atoms with Crippen LogP contribution in [0, 0.1) is 13.8 Å². The third kappa shape index (κ3) is 6.58. The van der Waals surface area contributed by atoms with Gasteiger partial charge in [0.1, 0.15) is 6.10 Å². The standard InChI is InChI=1S/C27H23ClO7S3/c1-18-5-13-22(14-6-18)37(30,31)34-26(24-4-3-17-36-24)27(25(29)20-9-11-21(28)12-10-20)35-38(32,33)23-15-7-19(2)8-16-23/h3-17,26-27H,1-2H3. The zero-order chi connectivity index (χ0) is 27.5. The highest BCUT2D eigenvalue weighted by molar-refractivity contribution is 7.87. The Kier molecular flexibility index (Phi) is 8.51. The summed E-state index contributed by atoms with van der Waals surface area (Å²) in [5.41, 5.74) is 1.72. The molecule has 0 bridgehead atoms. The molecular weight excluding hydrogens is 568 g/mol. The number of hydrogen-bond donors (Lipinski definition) is 0. The maximum atomic E-state index is 13.7. The summed E-state index contributed by atoms with van der Waals surface area (Å²) in [5, 5.41) is 2.02. The highest BCUT2D eigenvalue weighted by atomic mass is 35.5. The first kappa shape index (κ1) is 28.2. The van der Waals surface area contributed by atoms with Crippen molar-refractivity contribution in [2.24, 2.45) is 0 Å². The van der Waals surface area contributed by atoms with E-state index >= 15 is 0 Å². The molecule has 0 saturated carbocycles. The summed E-state index contributed by atoms with van der Waals surface area (Å²) < 4.78 is 64.2. The van der Waals surface area contributed by atoms with Crippen LogP contribution < -0.4 is 0 Å². The van der Waals surface area contributed by atoms with E-state index in [4.69, 9.17) is 20.0 Å². The summed E-state index contributed by atoms with van der Waals surface area (Å²) in [7, 11) is -8.95. The van der Waals surface area contributed by atoms with Crippen molar-refractivity contribution >= 4 is 49.0 Å². The average Bonchev–Trinajstić information content (AvgIpc) is 3.42. The van der Waals surface area contributed by atoms with Gasteiger partial charge < -0.3 is 0 Å². The molecule has 2 unspecified atom stereocenters. The maximum absolute atomic E-state index is 13.7. The van der Waals surface area contributed by atoms with E-state index in [1.807, 2.05) is 0 Å². The molecule has 0 aliphatic heterocycles. The molecule has 0 fully saturated rings. The molecule has 0 radical (unpaired) electrons. The third-order valence-electron chi connectivity index (χ3n) is 5.57. The van der Waals surface area contributed by atoms with E-state index in [0.29, 0.717) is 5.02 Å². The Morgan fingerprint density at radius 1 is 0.737 bits per heavy atom. The van der Waals surface area contributed by atoms with Crippen molar-refractivity contribution in [3.8, 4) is 0 Å². The zero-order valence-corrected chi connectivity index (χ0v) is 23.5. The van der Waals surface area contributed by atoms with Gasteiger partial charge in [0.25, 0.3) is 20.2 Å². The molecule has 0 spiro atoms. The second kappa shape index (κ2) is 11.5. The molecule has 11 heteroatoms. The lowest BCUT2D eigenvalue weighted by molar-refractivity contribution is 0.0471. The fourth-order valence-electron chi connectivity index (χ4n) is 3.50. The average molecular weight is 591 g/mol.